The molecule has 0 bridgehead atoms. The number of carbonyl (C=O) groups excluding carboxylic acids is 1. The van der Waals surface area contributed by atoms with Crippen molar-refractivity contribution < 1.29 is 37.3 Å². The van der Waals surface area contributed by atoms with Gasteiger partial charge in [-0.2, -0.15) is 13.2 Å². The molecule has 1 heterocycles. The van der Waals surface area contributed by atoms with Gasteiger partial charge in [0.1, 0.15) is 5.75 Å². The molecule has 0 aliphatic carbocycles. The van der Waals surface area contributed by atoms with E-state index in [-0.39, 0.29) is 26.1 Å². The van der Waals surface area contributed by atoms with E-state index in [2.05, 4.69) is 0 Å². The van der Waals surface area contributed by atoms with Crippen molar-refractivity contribution in [1.29, 1.82) is 0 Å². The van der Waals surface area contributed by atoms with Crippen LogP contribution in [0.3, 0.4) is 0 Å². The third-order valence-electron chi connectivity index (χ3n) is 3.70. The Morgan fingerprint density at radius 1 is 1.40 bits per heavy atom. The fourth-order valence-corrected chi connectivity index (χ4v) is 2.54. The number of morpholine rings is 1. The van der Waals surface area contributed by atoms with Gasteiger partial charge in [-0.05, 0) is 19.1 Å². The Kier molecular flexibility index (Phi) is 5.89. The second-order valence-electron chi connectivity index (χ2n) is 5.63. The molecule has 2 atom stereocenters. The highest BCUT2D eigenvalue weighted by Crippen LogP contribution is 2.36. The molecule has 1 saturated heterocycles. The van der Waals surface area contributed by atoms with Crippen LogP contribution in [-0.2, 0) is 20.5 Å². The maximum atomic E-state index is 13.0. The summed E-state index contributed by atoms with van der Waals surface area (Å²) in [5.41, 5.74) is -0.958. The van der Waals surface area contributed by atoms with Gasteiger partial charge in [0.25, 0.3) is 5.91 Å². The van der Waals surface area contributed by atoms with E-state index in [9.17, 15) is 22.8 Å². The van der Waals surface area contributed by atoms with Gasteiger partial charge in [-0.3, -0.25) is 9.59 Å². The smallest absolute Gasteiger partial charge is 0.419 e. The zero-order valence-electron chi connectivity index (χ0n) is 13.5. The number of hydrogen-bond donors (Lipinski definition) is 1. The summed E-state index contributed by atoms with van der Waals surface area (Å²) in [5, 5.41) is 8.79. The molecule has 0 aromatic heterocycles. The van der Waals surface area contributed by atoms with E-state index >= 15 is 0 Å². The Morgan fingerprint density at radius 2 is 2.08 bits per heavy atom. The summed E-state index contributed by atoms with van der Waals surface area (Å²) in [4.78, 5) is 24.5. The summed E-state index contributed by atoms with van der Waals surface area (Å²) in [6.45, 7) is 1.80. The minimum Gasteiger partial charge on any atom is -0.481 e. The van der Waals surface area contributed by atoms with Gasteiger partial charge in [0, 0.05) is 13.1 Å². The second kappa shape index (κ2) is 7.73. The Morgan fingerprint density at radius 3 is 2.72 bits per heavy atom. The van der Waals surface area contributed by atoms with Crippen LogP contribution in [0.25, 0.3) is 0 Å². The normalized spacial score (nSPS) is 19.4. The van der Waals surface area contributed by atoms with E-state index in [1.165, 1.54) is 24.0 Å². The Bertz CT molecular complexity index is 634. The van der Waals surface area contributed by atoms with E-state index in [1.807, 2.05) is 0 Å². The Balaban J connectivity index is 2.05. The highest BCUT2D eigenvalue weighted by molar-refractivity contribution is 5.81. The predicted octanol–water partition coefficient (Wildman–Crippen LogP) is 2.17. The molecule has 25 heavy (non-hydrogen) atoms. The van der Waals surface area contributed by atoms with Crippen molar-refractivity contribution in [2.24, 2.45) is 0 Å². The SMILES string of the molecule is C[C@@H](Oc1ccccc1C(F)(F)F)C(=O)N1CCO[C@H](CC(=O)O)C1. The summed E-state index contributed by atoms with van der Waals surface area (Å²) in [7, 11) is 0. The molecule has 0 radical (unpaired) electrons. The monoisotopic (exact) mass is 361 g/mol. The van der Waals surface area contributed by atoms with Gasteiger partial charge >= 0.3 is 12.1 Å². The van der Waals surface area contributed by atoms with Crippen molar-refractivity contribution in [3.63, 3.8) is 0 Å². The summed E-state index contributed by atoms with van der Waals surface area (Å²) in [5.74, 6) is -2.00. The first-order chi connectivity index (χ1) is 11.7. The van der Waals surface area contributed by atoms with Gasteiger partial charge in [-0.15, -0.1) is 0 Å². The fourth-order valence-electron chi connectivity index (χ4n) is 2.54. The van der Waals surface area contributed by atoms with Crippen LogP contribution in [0.2, 0.25) is 0 Å². The number of alkyl halides is 3. The molecule has 1 aromatic carbocycles. The lowest BCUT2D eigenvalue weighted by molar-refractivity contribution is -0.152. The van der Waals surface area contributed by atoms with Crippen molar-refractivity contribution in [3.05, 3.63) is 29.8 Å². The van der Waals surface area contributed by atoms with Crippen molar-refractivity contribution in [2.45, 2.75) is 31.7 Å². The fraction of sp³-hybridized carbons (Fsp3) is 0.500. The molecule has 138 valence electrons. The van der Waals surface area contributed by atoms with Gasteiger partial charge in [0.15, 0.2) is 6.10 Å². The highest BCUT2D eigenvalue weighted by Gasteiger charge is 2.35. The largest absolute Gasteiger partial charge is 0.481 e. The van der Waals surface area contributed by atoms with E-state index in [0.29, 0.717) is 0 Å². The van der Waals surface area contributed by atoms with Crippen LogP contribution in [0, 0.1) is 0 Å². The van der Waals surface area contributed by atoms with Crippen LogP contribution in [0.5, 0.6) is 5.75 Å². The van der Waals surface area contributed by atoms with Gasteiger partial charge < -0.3 is 19.5 Å². The summed E-state index contributed by atoms with van der Waals surface area (Å²) >= 11 is 0. The van der Waals surface area contributed by atoms with Gasteiger partial charge in [-0.25, -0.2) is 0 Å². The van der Waals surface area contributed by atoms with Crippen molar-refractivity contribution in [2.75, 3.05) is 19.7 Å². The number of para-hydroxylation sites is 1. The zero-order valence-corrected chi connectivity index (χ0v) is 13.5. The number of carboxylic acid groups (broad SMARTS) is 1. The third kappa shape index (κ3) is 5.09. The molecule has 1 aliphatic rings. The molecule has 9 heteroatoms. The molecular formula is C16H18F3NO5. The first kappa shape index (κ1) is 19.0. The third-order valence-corrected chi connectivity index (χ3v) is 3.70. The maximum absolute atomic E-state index is 13.0. The van der Waals surface area contributed by atoms with Gasteiger partial charge in [-0.1, -0.05) is 12.1 Å². The van der Waals surface area contributed by atoms with Crippen molar-refractivity contribution >= 4 is 11.9 Å². The van der Waals surface area contributed by atoms with Crippen LogP contribution in [-0.4, -0.2) is 53.8 Å². The molecule has 6 nitrogen and oxygen atoms in total. The number of carboxylic acids is 1. The molecule has 2 rings (SSSR count). The maximum Gasteiger partial charge on any atom is 0.419 e. The van der Waals surface area contributed by atoms with E-state index in [0.717, 1.165) is 12.1 Å². The number of rotatable bonds is 5. The topological polar surface area (TPSA) is 76.1 Å². The average Bonchev–Trinajstić information content (AvgIpc) is 2.53. The second-order valence-corrected chi connectivity index (χ2v) is 5.63. The molecule has 1 amide bonds. The molecule has 0 saturated carbocycles. The van der Waals surface area contributed by atoms with Crippen LogP contribution in [0.1, 0.15) is 18.9 Å². The standard InChI is InChI=1S/C16H18F3NO5/c1-10(25-13-5-3-2-4-12(13)16(17,18)19)15(23)20-6-7-24-11(9-20)8-14(21)22/h2-5,10-11H,6-9H2,1H3,(H,21,22)/t10-,11-/m1/s1. The number of halogens is 3. The van der Waals surface area contributed by atoms with Crippen LogP contribution in [0.4, 0.5) is 13.2 Å². The number of aliphatic carboxylic acids is 1. The lowest BCUT2D eigenvalue weighted by Gasteiger charge is -2.34. The molecule has 1 fully saturated rings. The number of ether oxygens (including phenoxy) is 2. The molecule has 1 aromatic rings. The number of amides is 1. The Labute approximate surface area is 142 Å². The number of nitrogens with zero attached hydrogens (tertiary/aromatic N) is 1. The quantitative estimate of drug-likeness (QED) is 0.870. The van der Waals surface area contributed by atoms with Crippen LogP contribution in [0.15, 0.2) is 24.3 Å². The van der Waals surface area contributed by atoms with E-state index in [4.69, 9.17) is 14.6 Å². The van der Waals surface area contributed by atoms with Gasteiger partial charge in [0.05, 0.1) is 24.7 Å². The van der Waals surface area contributed by atoms with Gasteiger partial charge in [0.2, 0.25) is 0 Å². The van der Waals surface area contributed by atoms with Crippen LogP contribution >= 0.6 is 0 Å². The summed E-state index contributed by atoms with van der Waals surface area (Å²) < 4.78 is 49.4. The molecule has 0 unspecified atom stereocenters. The van der Waals surface area contributed by atoms with Crippen molar-refractivity contribution in [1.82, 2.24) is 4.90 Å². The number of benzene rings is 1. The highest BCUT2D eigenvalue weighted by atomic mass is 19.4. The molecule has 1 N–H and O–H groups in total. The van der Waals surface area contributed by atoms with Crippen LogP contribution < -0.4 is 4.74 Å². The molecular weight excluding hydrogens is 343 g/mol. The van der Waals surface area contributed by atoms with E-state index < -0.39 is 41.6 Å². The van der Waals surface area contributed by atoms with E-state index in [1.54, 1.807) is 0 Å². The zero-order chi connectivity index (χ0) is 18.6. The summed E-state index contributed by atoms with van der Waals surface area (Å²) in [6, 6.07) is 4.66. The first-order valence-corrected chi connectivity index (χ1v) is 7.63. The molecule has 0 spiro atoms. The molecule has 1 aliphatic heterocycles. The lowest BCUT2D eigenvalue weighted by atomic mass is 10.1. The average molecular weight is 361 g/mol. The number of hydrogen-bond acceptors (Lipinski definition) is 4. The lowest BCUT2D eigenvalue weighted by Crippen LogP contribution is -2.50. The summed E-state index contributed by atoms with van der Waals surface area (Å²) in [6.07, 6.45) is -6.64. The van der Waals surface area contributed by atoms with Crippen molar-refractivity contribution in [3.8, 4) is 5.75 Å². The Hall–Kier alpha value is -2.29. The minimum atomic E-state index is -4.59. The minimum absolute atomic E-state index is 0.0553. The first-order valence-electron chi connectivity index (χ1n) is 7.63. The predicted molar refractivity (Wildman–Crippen MR) is 80.1 cm³/mol. The number of carbonyl (C=O) groups is 2.